The zero-order valence-corrected chi connectivity index (χ0v) is 9.22. The van der Waals surface area contributed by atoms with Crippen molar-refractivity contribution in [3.8, 4) is 5.13 Å². The molecule has 0 fully saturated rings. The molecule has 0 amide bonds. The van der Waals surface area contributed by atoms with E-state index in [-0.39, 0.29) is 6.42 Å². The van der Waals surface area contributed by atoms with E-state index in [9.17, 15) is 4.79 Å². The second kappa shape index (κ2) is 4.84. The van der Waals surface area contributed by atoms with Gasteiger partial charge in [-0.3, -0.25) is 9.36 Å². The van der Waals surface area contributed by atoms with Gasteiger partial charge in [0.1, 0.15) is 12.7 Å². The average Bonchev–Trinajstić information content (AvgIpc) is 2.85. The van der Waals surface area contributed by atoms with Crippen LogP contribution >= 0.6 is 11.3 Å². The van der Waals surface area contributed by atoms with E-state index in [4.69, 9.17) is 5.11 Å². The molecule has 2 aromatic rings. The van der Waals surface area contributed by atoms with Crippen LogP contribution < -0.4 is 0 Å². The maximum atomic E-state index is 10.3. The van der Waals surface area contributed by atoms with Crippen LogP contribution in [0.4, 0.5) is 0 Å². The van der Waals surface area contributed by atoms with E-state index < -0.39 is 5.97 Å². The molecule has 0 saturated heterocycles. The first-order chi connectivity index (χ1) is 7.75. The van der Waals surface area contributed by atoms with Gasteiger partial charge in [0.2, 0.25) is 0 Å². The molecule has 0 aliphatic rings. The molecule has 0 bridgehead atoms. The highest BCUT2D eigenvalue weighted by Gasteiger charge is 2.05. The Labute approximate surface area is 95.6 Å². The quantitative estimate of drug-likeness (QED) is 0.844. The topological polar surface area (TPSA) is 80.9 Å². The first-order valence-corrected chi connectivity index (χ1v) is 5.65. The third kappa shape index (κ3) is 2.63. The van der Waals surface area contributed by atoms with Gasteiger partial charge < -0.3 is 5.11 Å². The second-order valence-corrected chi connectivity index (χ2v) is 4.07. The number of nitrogens with zero attached hydrogens (tertiary/aromatic N) is 4. The predicted octanol–water partition coefficient (Wildman–Crippen LogP) is 1.13. The molecule has 0 aliphatic heterocycles. The summed E-state index contributed by atoms with van der Waals surface area (Å²) in [5, 5.41) is 18.6. The number of rotatable bonds is 5. The van der Waals surface area contributed by atoms with Crippen molar-refractivity contribution < 1.29 is 9.90 Å². The lowest BCUT2D eigenvalue weighted by Gasteiger charge is -1.94. The fraction of sp³-hybridized carbons (Fsp3) is 0.333. The van der Waals surface area contributed by atoms with E-state index in [0.717, 1.165) is 10.8 Å². The molecule has 2 aromatic heterocycles. The van der Waals surface area contributed by atoms with Crippen molar-refractivity contribution in [1.29, 1.82) is 0 Å². The standard InChI is InChI=1S/C9H10N4O2S/c14-8(15)3-1-2-7-4-16-9(12-7)13-5-10-11-6-13/h4-6H,1-3H2,(H,14,15). The first kappa shape index (κ1) is 10.7. The molecular weight excluding hydrogens is 228 g/mol. The van der Waals surface area contributed by atoms with Gasteiger partial charge in [-0.15, -0.1) is 21.5 Å². The van der Waals surface area contributed by atoms with Crippen molar-refractivity contribution in [3.05, 3.63) is 23.7 Å². The lowest BCUT2D eigenvalue weighted by atomic mass is 10.2. The Morgan fingerprint density at radius 2 is 2.19 bits per heavy atom. The molecule has 1 N–H and O–H groups in total. The van der Waals surface area contributed by atoms with Gasteiger partial charge >= 0.3 is 5.97 Å². The number of hydrogen-bond donors (Lipinski definition) is 1. The number of carboxylic acids is 1. The number of hydrogen-bond acceptors (Lipinski definition) is 5. The second-order valence-electron chi connectivity index (χ2n) is 3.24. The fourth-order valence-electron chi connectivity index (χ4n) is 1.25. The van der Waals surface area contributed by atoms with Gasteiger partial charge in [0, 0.05) is 11.8 Å². The van der Waals surface area contributed by atoms with Crippen LogP contribution in [-0.4, -0.2) is 30.8 Å². The molecule has 7 heteroatoms. The van der Waals surface area contributed by atoms with Crippen molar-refractivity contribution in [1.82, 2.24) is 19.7 Å². The summed E-state index contributed by atoms with van der Waals surface area (Å²) in [4.78, 5) is 14.7. The summed E-state index contributed by atoms with van der Waals surface area (Å²) in [6.45, 7) is 0. The smallest absolute Gasteiger partial charge is 0.303 e. The van der Waals surface area contributed by atoms with Gasteiger partial charge in [-0.1, -0.05) is 0 Å². The third-order valence-corrected chi connectivity index (χ3v) is 2.91. The minimum atomic E-state index is -0.769. The first-order valence-electron chi connectivity index (χ1n) is 4.77. The minimum Gasteiger partial charge on any atom is -0.481 e. The summed E-state index contributed by atoms with van der Waals surface area (Å²) >= 11 is 1.49. The summed E-state index contributed by atoms with van der Waals surface area (Å²) < 4.78 is 1.73. The summed E-state index contributed by atoms with van der Waals surface area (Å²) in [5.41, 5.74) is 0.912. The average molecular weight is 238 g/mol. The highest BCUT2D eigenvalue weighted by atomic mass is 32.1. The zero-order valence-electron chi connectivity index (χ0n) is 8.41. The van der Waals surface area contributed by atoms with E-state index >= 15 is 0 Å². The highest BCUT2D eigenvalue weighted by Crippen LogP contribution is 2.15. The Balaban J connectivity index is 1.95. The molecule has 0 spiro atoms. The molecule has 6 nitrogen and oxygen atoms in total. The molecule has 0 aromatic carbocycles. The number of aryl methyl sites for hydroxylation is 1. The van der Waals surface area contributed by atoms with Crippen LogP contribution in [-0.2, 0) is 11.2 Å². The van der Waals surface area contributed by atoms with E-state index in [2.05, 4.69) is 15.2 Å². The Morgan fingerprint density at radius 1 is 1.44 bits per heavy atom. The Hall–Kier alpha value is -1.76. The van der Waals surface area contributed by atoms with Crippen molar-refractivity contribution in [2.75, 3.05) is 0 Å². The fourth-order valence-corrected chi connectivity index (χ4v) is 2.05. The van der Waals surface area contributed by atoms with Gasteiger partial charge in [0.25, 0.3) is 0 Å². The van der Waals surface area contributed by atoms with Crippen LogP contribution in [0.25, 0.3) is 5.13 Å². The summed E-state index contributed by atoms with van der Waals surface area (Å²) in [5.74, 6) is -0.769. The Kier molecular flexibility index (Phi) is 3.25. The number of carboxylic acid groups (broad SMARTS) is 1. The normalized spacial score (nSPS) is 10.5. The zero-order chi connectivity index (χ0) is 11.4. The van der Waals surface area contributed by atoms with E-state index in [1.165, 1.54) is 11.3 Å². The van der Waals surface area contributed by atoms with Crippen molar-refractivity contribution >= 4 is 17.3 Å². The van der Waals surface area contributed by atoms with Crippen LogP contribution in [0, 0.1) is 0 Å². The molecule has 0 atom stereocenters. The molecule has 0 unspecified atom stereocenters. The van der Waals surface area contributed by atoms with Crippen molar-refractivity contribution in [2.45, 2.75) is 19.3 Å². The monoisotopic (exact) mass is 238 g/mol. The predicted molar refractivity (Wildman–Crippen MR) is 57.6 cm³/mol. The van der Waals surface area contributed by atoms with Crippen LogP contribution in [0.5, 0.6) is 0 Å². The maximum Gasteiger partial charge on any atom is 0.303 e. The van der Waals surface area contributed by atoms with Crippen LogP contribution in [0.15, 0.2) is 18.0 Å². The number of aliphatic carboxylic acids is 1. The Bertz CT molecular complexity index is 466. The van der Waals surface area contributed by atoms with Crippen LogP contribution in [0.1, 0.15) is 18.5 Å². The van der Waals surface area contributed by atoms with Gasteiger partial charge in [-0.05, 0) is 12.8 Å². The van der Waals surface area contributed by atoms with Crippen molar-refractivity contribution in [2.24, 2.45) is 0 Å². The Morgan fingerprint density at radius 3 is 2.88 bits per heavy atom. The van der Waals surface area contributed by atoms with Crippen molar-refractivity contribution in [3.63, 3.8) is 0 Å². The van der Waals surface area contributed by atoms with Crippen LogP contribution in [0.2, 0.25) is 0 Å². The third-order valence-electron chi connectivity index (χ3n) is 2.00. The lowest BCUT2D eigenvalue weighted by molar-refractivity contribution is -0.137. The highest BCUT2D eigenvalue weighted by molar-refractivity contribution is 7.12. The lowest BCUT2D eigenvalue weighted by Crippen LogP contribution is -1.96. The van der Waals surface area contributed by atoms with Crippen LogP contribution in [0.3, 0.4) is 0 Å². The van der Waals surface area contributed by atoms with Gasteiger partial charge in [-0.2, -0.15) is 0 Å². The SMILES string of the molecule is O=C(O)CCCc1csc(-n2cnnc2)n1. The summed E-state index contributed by atoms with van der Waals surface area (Å²) in [7, 11) is 0. The molecule has 0 saturated carbocycles. The molecule has 16 heavy (non-hydrogen) atoms. The molecule has 2 rings (SSSR count). The minimum absolute atomic E-state index is 0.180. The van der Waals surface area contributed by atoms with Gasteiger partial charge in [0.05, 0.1) is 5.69 Å². The number of thiazole rings is 1. The number of carbonyl (C=O) groups is 1. The van der Waals surface area contributed by atoms with E-state index in [1.807, 2.05) is 5.38 Å². The van der Waals surface area contributed by atoms with Gasteiger partial charge in [-0.25, -0.2) is 4.98 Å². The summed E-state index contributed by atoms with van der Waals surface area (Å²) in [6, 6.07) is 0. The van der Waals surface area contributed by atoms with E-state index in [0.29, 0.717) is 12.8 Å². The molecule has 84 valence electrons. The maximum absolute atomic E-state index is 10.3. The molecule has 2 heterocycles. The molecule has 0 radical (unpaired) electrons. The molecular formula is C9H10N4O2S. The summed E-state index contributed by atoms with van der Waals surface area (Å²) in [6.07, 6.45) is 4.64. The van der Waals surface area contributed by atoms with Gasteiger partial charge in [0.15, 0.2) is 5.13 Å². The largest absolute Gasteiger partial charge is 0.481 e. The molecule has 0 aliphatic carbocycles. The van der Waals surface area contributed by atoms with E-state index in [1.54, 1.807) is 17.2 Å². The number of aromatic nitrogens is 4.